The third kappa shape index (κ3) is 5.18. The molecule has 0 fully saturated rings. The zero-order valence-corrected chi connectivity index (χ0v) is 11.9. The maximum Gasteiger partial charge on any atom is 0.275 e. The normalized spacial score (nSPS) is 10.1. The first-order valence-electron chi connectivity index (χ1n) is 6.50. The van der Waals surface area contributed by atoms with E-state index in [0.29, 0.717) is 24.6 Å². The van der Waals surface area contributed by atoms with E-state index in [1.165, 1.54) is 0 Å². The Morgan fingerprint density at radius 3 is 2.63 bits per heavy atom. The molecule has 0 radical (unpaired) electrons. The van der Waals surface area contributed by atoms with E-state index in [0.717, 1.165) is 18.5 Å². The molecule has 0 saturated heterocycles. The molecule has 1 rings (SSSR count). The lowest BCUT2D eigenvalue weighted by molar-refractivity contribution is -0.643. The maximum atomic E-state index is 11.6. The Balaban J connectivity index is 2.47. The van der Waals surface area contributed by atoms with Gasteiger partial charge in [0.25, 0.3) is 5.91 Å². The molecule has 5 heteroatoms. The fourth-order valence-electron chi connectivity index (χ4n) is 1.70. The highest BCUT2D eigenvalue weighted by Crippen LogP contribution is 2.27. The minimum absolute atomic E-state index is 0.0447. The SMILES string of the molecule is CCC[NH2+]CC(=O)NCc1ccc(OC)c(OC)c1. The monoisotopic (exact) mass is 267 g/mol. The number of amides is 1. The molecule has 0 aliphatic carbocycles. The summed E-state index contributed by atoms with van der Waals surface area (Å²) in [6, 6.07) is 5.62. The van der Waals surface area contributed by atoms with Crippen LogP contribution >= 0.6 is 0 Å². The van der Waals surface area contributed by atoms with E-state index in [9.17, 15) is 4.79 Å². The fraction of sp³-hybridized carbons (Fsp3) is 0.500. The number of nitrogens with two attached hydrogens (primary N) is 1. The number of hydrogen-bond acceptors (Lipinski definition) is 3. The van der Waals surface area contributed by atoms with Gasteiger partial charge in [0.15, 0.2) is 18.0 Å². The molecule has 0 saturated carbocycles. The zero-order chi connectivity index (χ0) is 14.1. The molecule has 1 aromatic carbocycles. The van der Waals surface area contributed by atoms with Gasteiger partial charge in [-0.1, -0.05) is 13.0 Å². The summed E-state index contributed by atoms with van der Waals surface area (Å²) in [7, 11) is 3.20. The molecule has 0 bridgehead atoms. The second-order valence-corrected chi connectivity index (χ2v) is 4.25. The summed E-state index contributed by atoms with van der Waals surface area (Å²) < 4.78 is 10.4. The average molecular weight is 267 g/mol. The quantitative estimate of drug-likeness (QED) is 0.666. The highest BCUT2D eigenvalue weighted by Gasteiger charge is 2.06. The average Bonchev–Trinajstić information content (AvgIpc) is 2.45. The molecule has 0 aliphatic rings. The van der Waals surface area contributed by atoms with Gasteiger partial charge in [-0.2, -0.15) is 0 Å². The number of carbonyl (C=O) groups excluding carboxylic acids is 1. The number of rotatable bonds is 8. The summed E-state index contributed by atoms with van der Waals surface area (Å²) in [5.74, 6) is 1.41. The van der Waals surface area contributed by atoms with Gasteiger partial charge in [-0.3, -0.25) is 4.79 Å². The first-order valence-corrected chi connectivity index (χ1v) is 6.50. The lowest BCUT2D eigenvalue weighted by Crippen LogP contribution is -2.86. The van der Waals surface area contributed by atoms with Crippen molar-refractivity contribution in [1.29, 1.82) is 0 Å². The molecule has 0 atom stereocenters. The van der Waals surface area contributed by atoms with E-state index in [1.807, 2.05) is 23.5 Å². The summed E-state index contributed by atoms with van der Waals surface area (Å²) in [6.45, 7) is 4.04. The van der Waals surface area contributed by atoms with Crippen molar-refractivity contribution in [3.63, 3.8) is 0 Å². The second-order valence-electron chi connectivity index (χ2n) is 4.25. The molecule has 3 N–H and O–H groups in total. The predicted molar refractivity (Wildman–Crippen MR) is 73.3 cm³/mol. The van der Waals surface area contributed by atoms with Crippen LogP contribution in [0.25, 0.3) is 0 Å². The summed E-state index contributed by atoms with van der Waals surface area (Å²) in [5, 5.41) is 4.88. The van der Waals surface area contributed by atoms with Crippen LogP contribution in [0.1, 0.15) is 18.9 Å². The van der Waals surface area contributed by atoms with Crippen LogP contribution in [0.5, 0.6) is 11.5 Å². The highest BCUT2D eigenvalue weighted by atomic mass is 16.5. The second kappa shape index (κ2) is 8.37. The van der Waals surface area contributed by atoms with E-state index >= 15 is 0 Å². The van der Waals surface area contributed by atoms with Crippen molar-refractivity contribution < 1.29 is 19.6 Å². The van der Waals surface area contributed by atoms with Crippen molar-refractivity contribution in [3.8, 4) is 11.5 Å². The van der Waals surface area contributed by atoms with Gasteiger partial charge in [0.05, 0.1) is 20.8 Å². The van der Waals surface area contributed by atoms with Crippen molar-refractivity contribution in [2.45, 2.75) is 19.9 Å². The van der Waals surface area contributed by atoms with Gasteiger partial charge in [-0.25, -0.2) is 0 Å². The Morgan fingerprint density at radius 2 is 2.00 bits per heavy atom. The van der Waals surface area contributed by atoms with Crippen molar-refractivity contribution in [3.05, 3.63) is 23.8 Å². The van der Waals surface area contributed by atoms with Crippen molar-refractivity contribution in [2.24, 2.45) is 0 Å². The van der Waals surface area contributed by atoms with E-state index in [1.54, 1.807) is 14.2 Å². The van der Waals surface area contributed by atoms with Crippen molar-refractivity contribution in [1.82, 2.24) is 5.32 Å². The Labute approximate surface area is 114 Å². The van der Waals surface area contributed by atoms with Gasteiger partial charge >= 0.3 is 0 Å². The molecule has 0 unspecified atom stereocenters. The van der Waals surface area contributed by atoms with Gasteiger partial charge in [0.2, 0.25) is 0 Å². The van der Waals surface area contributed by atoms with Crippen LogP contribution in [-0.4, -0.2) is 33.2 Å². The number of nitrogens with one attached hydrogen (secondary N) is 1. The number of benzene rings is 1. The minimum atomic E-state index is 0.0447. The van der Waals surface area contributed by atoms with Crippen molar-refractivity contribution in [2.75, 3.05) is 27.3 Å². The van der Waals surface area contributed by atoms with Gasteiger partial charge < -0.3 is 20.1 Å². The first kappa shape index (κ1) is 15.3. The Hall–Kier alpha value is -1.75. The maximum absolute atomic E-state index is 11.6. The van der Waals surface area contributed by atoms with Crippen LogP contribution in [0.15, 0.2) is 18.2 Å². The van der Waals surface area contributed by atoms with Crippen LogP contribution in [0.4, 0.5) is 0 Å². The molecule has 106 valence electrons. The number of ether oxygens (including phenoxy) is 2. The summed E-state index contributed by atoms with van der Waals surface area (Å²) >= 11 is 0. The van der Waals surface area contributed by atoms with Gasteiger partial charge in [0.1, 0.15) is 0 Å². The fourth-order valence-corrected chi connectivity index (χ4v) is 1.70. The lowest BCUT2D eigenvalue weighted by Gasteiger charge is -2.10. The van der Waals surface area contributed by atoms with Gasteiger partial charge in [-0.15, -0.1) is 0 Å². The standard InChI is InChI=1S/C14H22N2O3/c1-4-7-15-10-14(17)16-9-11-5-6-12(18-2)13(8-11)19-3/h5-6,8,15H,4,7,9-10H2,1-3H3,(H,16,17)/p+1. The molecule has 0 spiro atoms. The zero-order valence-electron chi connectivity index (χ0n) is 11.9. The van der Waals surface area contributed by atoms with E-state index in [-0.39, 0.29) is 5.91 Å². The van der Waals surface area contributed by atoms with Gasteiger partial charge in [0, 0.05) is 6.54 Å². The summed E-state index contributed by atoms with van der Waals surface area (Å²) in [5.41, 5.74) is 0.987. The van der Waals surface area contributed by atoms with Crippen LogP contribution < -0.4 is 20.1 Å². The van der Waals surface area contributed by atoms with Crippen LogP contribution in [-0.2, 0) is 11.3 Å². The molecule has 0 aliphatic heterocycles. The minimum Gasteiger partial charge on any atom is -0.493 e. The van der Waals surface area contributed by atoms with E-state index in [2.05, 4.69) is 12.2 Å². The van der Waals surface area contributed by atoms with E-state index < -0.39 is 0 Å². The third-order valence-corrected chi connectivity index (χ3v) is 2.76. The molecular weight excluding hydrogens is 244 g/mol. The molecular formula is C14H23N2O3+. The summed E-state index contributed by atoms with van der Waals surface area (Å²) in [6.07, 6.45) is 1.07. The number of quaternary nitrogens is 1. The number of methoxy groups -OCH3 is 2. The molecule has 0 heterocycles. The topological polar surface area (TPSA) is 64.2 Å². The third-order valence-electron chi connectivity index (χ3n) is 2.76. The smallest absolute Gasteiger partial charge is 0.275 e. The molecule has 19 heavy (non-hydrogen) atoms. The number of hydrogen-bond donors (Lipinski definition) is 2. The van der Waals surface area contributed by atoms with Crippen LogP contribution in [0, 0.1) is 0 Å². The Bertz CT molecular complexity index is 408. The Morgan fingerprint density at radius 1 is 1.26 bits per heavy atom. The molecule has 0 aromatic heterocycles. The van der Waals surface area contributed by atoms with Gasteiger partial charge in [-0.05, 0) is 24.1 Å². The molecule has 1 aromatic rings. The molecule has 1 amide bonds. The van der Waals surface area contributed by atoms with Crippen LogP contribution in [0.3, 0.4) is 0 Å². The Kier molecular flexibility index (Phi) is 6.74. The molecule has 5 nitrogen and oxygen atoms in total. The van der Waals surface area contributed by atoms with Crippen molar-refractivity contribution >= 4 is 5.91 Å². The number of carbonyl (C=O) groups is 1. The predicted octanol–water partition coefficient (Wildman–Crippen LogP) is 0.293. The lowest BCUT2D eigenvalue weighted by atomic mass is 10.2. The first-order chi connectivity index (χ1) is 9.21. The van der Waals surface area contributed by atoms with Crippen LogP contribution in [0.2, 0.25) is 0 Å². The summed E-state index contributed by atoms with van der Waals surface area (Å²) in [4.78, 5) is 11.6. The largest absolute Gasteiger partial charge is 0.493 e. The highest BCUT2D eigenvalue weighted by molar-refractivity contribution is 5.76. The van der Waals surface area contributed by atoms with E-state index in [4.69, 9.17) is 9.47 Å².